The van der Waals surface area contributed by atoms with Gasteiger partial charge in [0.1, 0.15) is 0 Å². The average molecular weight is 303 g/mol. The van der Waals surface area contributed by atoms with Crippen LogP contribution >= 0.6 is 0 Å². The standard InChI is InChI=1S/C19H17N3O/c1-12-9-15-16(20)3-2-4-18(15)22(12)19(23)11-13-5-6-17-14(10-13)7-8-21-17/h2-10,21H,11,20H2,1H3. The molecule has 0 aliphatic heterocycles. The number of carbonyl (C=O) groups excluding carboxylic acids is 1. The van der Waals surface area contributed by atoms with Crippen LogP contribution in [0, 0.1) is 6.92 Å². The number of nitrogens with zero attached hydrogens (tertiary/aromatic N) is 1. The number of H-pyrrole nitrogens is 1. The molecule has 0 bridgehead atoms. The molecule has 0 atom stereocenters. The highest BCUT2D eigenvalue weighted by Crippen LogP contribution is 2.25. The molecule has 114 valence electrons. The number of aromatic nitrogens is 2. The molecule has 4 nitrogen and oxygen atoms in total. The lowest BCUT2D eigenvalue weighted by atomic mass is 10.1. The predicted octanol–water partition coefficient (Wildman–Crippen LogP) is 3.90. The summed E-state index contributed by atoms with van der Waals surface area (Å²) in [5.41, 5.74) is 10.6. The first-order valence-electron chi connectivity index (χ1n) is 7.59. The predicted molar refractivity (Wildman–Crippen MR) is 93.7 cm³/mol. The van der Waals surface area contributed by atoms with E-state index in [9.17, 15) is 4.79 Å². The van der Waals surface area contributed by atoms with Crippen LogP contribution in [0.5, 0.6) is 0 Å². The zero-order valence-corrected chi connectivity index (χ0v) is 12.8. The summed E-state index contributed by atoms with van der Waals surface area (Å²) in [6, 6.07) is 15.7. The van der Waals surface area contributed by atoms with Crippen LogP contribution in [-0.2, 0) is 6.42 Å². The fourth-order valence-corrected chi connectivity index (χ4v) is 3.18. The Morgan fingerprint density at radius 3 is 2.91 bits per heavy atom. The number of nitrogens with one attached hydrogen (secondary N) is 1. The van der Waals surface area contributed by atoms with Gasteiger partial charge in [0.25, 0.3) is 0 Å². The number of fused-ring (bicyclic) bond motifs is 2. The number of anilines is 1. The van der Waals surface area contributed by atoms with Crippen molar-refractivity contribution in [2.24, 2.45) is 0 Å². The van der Waals surface area contributed by atoms with E-state index in [1.165, 1.54) is 0 Å². The summed E-state index contributed by atoms with van der Waals surface area (Å²) >= 11 is 0. The molecule has 0 amide bonds. The van der Waals surface area contributed by atoms with Crippen LogP contribution < -0.4 is 5.73 Å². The second kappa shape index (κ2) is 5.02. The molecule has 2 heterocycles. The van der Waals surface area contributed by atoms with Crippen LogP contribution in [0.1, 0.15) is 16.1 Å². The first-order chi connectivity index (χ1) is 11.1. The summed E-state index contributed by atoms with van der Waals surface area (Å²) in [6.45, 7) is 1.94. The fraction of sp³-hybridized carbons (Fsp3) is 0.105. The minimum absolute atomic E-state index is 0.0537. The number of hydrogen-bond donors (Lipinski definition) is 2. The zero-order valence-electron chi connectivity index (χ0n) is 12.8. The van der Waals surface area contributed by atoms with E-state index in [1.54, 1.807) is 4.57 Å². The molecule has 2 aromatic carbocycles. The van der Waals surface area contributed by atoms with Gasteiger partial charge in [-0.1, -0.05) is 12.1 Å². The molecule has 0 saturated carbocycles. The zero-order chi connectivity index (χ0) is 16.0. The maximum absolute atomic E-state index is 12.8. The molecular formula is C19H17N3O. The third-order valence-corrected chi connectivity index (χ3v) is 4.29. The Kier molecular flexibility index (Phi) is 2.98. The highest BCUT2D eigenvalue weighted by molar-refractivity contribution is 5.99. The Morgan fingerprint density at radius 1 is 1.17 bits per heavy atom. The van der Waals surface area contributed by atoms with E-state index in [0.717, 1.165) is 33.1 Å². The molecule has 0 radical (unpaired) electrons. The Labute approximate surface area is 133 Å². The van der Waals surface area contributed by atoms with Crippen LogP contribution in [0.3, 0.4) is 0 Å². The van der Waals surface area contributed by atoms with E-state index in [4.69, 9.17) is 5.73 Å². The number of benzene rings is 2. The Morgan fingerprint density at radius 2 is 2.04 bits per heavy atom. The SMILES string of the molecule is Cc1cc2c(N)cccc2n1C(=O)Cc1ccc2[nH]ccc2c1. The molecule has 0 unspecified atom stereocenters. The van der Waals surface area contributed by atoms with Crippen LogP contribution in [-0.4, -0.2) is 15.5 Å². The Bertz CT molecular complexity index is 1040. The highest BCUT2D eigenvalue weighted by Gasteiger charge is 2.14. The van der Waals surface area contributed by atoms with E-state index in [1.807, 2.05) is 55.6 Å². The molecule has 4 rings (SSSR count). The summed E-state index contributed by atoms with van der Waals surface area (Å²) in [4.78, 5) is 16.0. The molecule has 3 N–H and O–H groups in total. The highest BCUT2D eigenvalue weighted by atomic mass is 16.2. The number of carbonyl (C=O) groups is 1. The van der Waals surface area contributed by atoms with E-state index < -0.39 is 0 Å². The molecule has 0 aliphatic carbocycles. The smallest absolute Gasteiger partial charge is 0.235 e. The topological polar surface area (TPSA) is 63.8 Å². The molecule has 4 heteroatoms. The van der Waals surface area contributed by atoms with Gasteiger partial charge in [-0.25, -0.2) is 0 Å². The van der Waals surface area contributed by atoms with Crippen molar-refractivity contribution in [2.75, 3.05) is 5.73 Å². The maximum atomic E-state index is 12.8. The quantitative estimate of drug-likeness (QED) is 0.552. The second-order valence-electron chi connectivity index (χ2n) is 5.87. The van der Waals surface area contributed by atoms with Gasteiger partial charge in [0.2, 0.25) is 5.91 Å². The molecule has 23 heavy (non-hydrogen) atoms. The van der Waals surface area contributed by atoms with Crippen LogP contribution in [0.25, 0.3) is 21.8 Å². The molecule has 4 aromatic rings. The van der Waals surface area contributed by atoms with Crippen molar-refractivity contribution in [1.82, 2.24) is 9.55 Å². The van der Waals surface area contributed by atoms with Crippen molar-refractivity contribution in [3.63, 3.8) is 0 Å². The van der Waals surface area contributed by atoms with Crippen molar-refractivity contribution in [3.05, 3.63) is 66.0 Å². The number of nitrogens with two attached hydrogens (primary N) is 1. The molecule has 0 saturated heterocycles. The van der Waals surface area contributed by atoms with E-state index in [-0.39, 0.29) is 5.91 Å². The fourth-order valence-electron chi connectivity index (χ4n) is 3.18. The second-order valence-corrected chi connectivity index (χ2v) is 5.87. The monoisotopic (exact) mass is 303 g/mol. The van der Waals surface area contributed by atoms with Gasteiger partial charge in [0.15, 0.2) is 0 Å². The maximum Gasteiger partial charge on any atom is 0.235 e. The summed E-state index contributed by atoms with van der Waals surface area (Å²) in [7, 11) is 0. The number of aryl methyl sites for hydroxylation is 1. The summed E-state index contributed by atoms with van der Waals surface area (Å²) in [6.07, 6.45) is 2.27. The van der Waals surface area contributed by atoms with Gasteiger partial charge in [-0.15, -0.1) is 0 Å². The molecule has 0 spiro atoms. The third kappa shape index (κ3) is 2.19. The summed E-state index contributed by atoms with van der Waals surface area (Å²) in [5.74, 6) is 0.0537. The van der Waals surface area contributed by atoms with Crippen molar-refractivity contribution in [3.8, 4) is 0 Å². The first kappa shape index (κ1) is 13.6. The summed E-state index contributed by atoms with van der Waals surface area (Å²) < 4.78 is 1.76. The lowest BCUT2D eigenvalue weighted by Crippen LogP contribution is -2.14. The van der Waals surface area contributed by atoms with Crippen molar-refractivity contribution in [2.45, 2.75) is 13.3 Å². The Balaban J connectivity index is 1.74. The number of rotatable bonds is 2. The van der Waals surface area contributed by atoms with Crippen LogP contribution in [0.15, 0.2) is 54.7 Å². The third-order valence-electron chi connectivity index (χ3n) is 4.29. The molecule has 0 fully saturated rings. The van der Waals surface area contributed by atoms with Gasteiger partial charge in [0.05, 0.1) is 11.9 Å². The van der Waals surface area contributed by atoms with E-state index in [2.05, 4.69) is 11.1 Å². The van der Waals surface area contributed by atoms with Crippen molar-refractivity contribution < 1.29 is 4.79 Å². The van der Waals surface area contributed by atoms with Crippen molar-refractivity contribution >= 4 is 33.4 Å². The largest absolute Gasteiger partial charge is 0.398 e. The molecular weight excluding hydrogens is 286 g/mol. The van der Waals surface area contributed by atoms with Gasteiger partial charge >= 0.3 is 0 Å². The number of hydrogen-bond acceptors (Lipinski definition) is 2. The number of nitrogen functional groups attached to an aromatic ring is 1. The van der Waals surface area contributed by atoms with Gasteiger partial charge in [-0.3, -0.25) is 9.36 Å². The molecule has 0 aliphatic rings. The Hall–Kier alpha value is -3.01. The first-order valence-corrected chi connectivity index (χ1v) is 7.59. The minimum Gasteiger partial charge on any atom is -0.398 e. The van der Waals surface area contributed by atoms with Gasteiger partial charge < -0.3 is 10.7 Å². The molecule has 2 aromatic heterocycles. The van der Waals surface area contributed by atoms with E-state index >= 15 is 0 Å². The van der Waals surface area contributed by atoms with Crippen molar-refractivity contribution in [1.29, 1.82) is 0 Å². The lowest BCUT2D eigenvalue weighted by Gasteiger charge is -2.08. The van der Waals surface area contributed by atoms with Gasteiger partial charge in [-0.2, -0.15) is 0 Å². The summed E-state index contributed by atoms with van der Waals surface area (Å²) in [5, 5.41) is 2.05. The number of aromatic amines is 1. The van der Waals surface area contributed by atoms with Gasteiger partial charge in [0, 0.05) is 28.5 Å². The lowest BCUT2D eigenvalue weighted by molar-refractivity contribution is 0.0917. The van der Waals surface area contributed by atoms with Crippen LogP contribution in [0.4, 0.5) is 5.69 Å². The van der Waals surface area contributed by atoms with Crippen LogP contribution in [0.2, 0.25) is 0 Å². The normalized spacial score (nSPS) is 11.3. The van der Waals surface area contributed by atoms with Gasteiger partial charge in [-0.05, 0) is 54.3 Å². The average Bonchev–Trinajstić information content (AvgIpc) is 3.11. The van der Waals surface area contributed by atoms with E-state index in [0.29, 0.717) is 12.1 Å². The minimum atomic E-state index is 0.0537.